The molecule has 0 saturated heterocycles. The Bertz CT molecular complexity index is 767. The summed E-state index contributed by atoms with van der Waals surface area (Å²) in [5.41, 5.74) is 2.51. The fraction of sp³-hybridized carbons (Fsp3) is 0.391. The summed E-state index contributed by atoms with van der Waals surface area (Å²) < 4.78 is 5.18. The molecule has 2 aromatic carbocycles. The van der Waals surface area contributed by atoms with Gasteiger partial charge in [0.05, 0.1) is 0 Å². The number of alkyl carbamates (subject to hydrolysis) is 1. The summed E-state index contributed by atoms with van der Waals surface area (Å²) in [4.78, 5) is 23.7. The van der Waals surface area contributed by atoms with Crippen molar-refractivity contribution in [3.8, 4) is 11.1 Å². The molecular formula is C23H30N2O3. The lowest BCUT2D eigenvalue weighted by Gasteiger charge is -2.19. The van der Waals surface area contributed by atoms with Crippen molar-refractivity contribution in [2.75, 3.05) is 11.9 Å². The molecule has 0 atom stereocenters. The number of rotatable bonds is 8. The van der Waals surface area contributed by atoms with Crippen LogP contribution in [-0.2, 0) is 9.53 Å². The summed E-state index contributed by atoms with van der Waals surface area (Å²) >= 11 is 0. The lowest BCUT2D eigenvalue weighted by molar-refractivity contribution is -0.116. The zero-order chi connectivity index (χ0) is 20.4. The molecule has 0 aliphatic carbocycles. The number of ether oxygens (including phenoxy) is 1. The number of benzene rings is 2. The first-order valence-electron chi connectivity index (χ1n) is 9.76. The minimum absolute atomic E-state index is 0.00492. The van der Waals surface area contributed by atoms with E-state index in [9.17, 15) is 9.59 Å². The molecule has 0 bridgehead atoms. The van der Waals surface area contributed by atoms with Gasteiger partial charge >= 0.3 is 6.09 Å². The van der Waals surface area contributed by atoms with Crippen LogP contribution in [0.25, 0.3) is 11.1 Å². The molecule has 0 fully saturated rings. The third kappa shape index (κ3) is 8.25. The molecule has 0 spiro atoms. The molecule has 5 nitrogen and oxygen atoms in total. The number of carbonyl (C=O) groups is 2. The van der Waals surface area contributed by atoms with E-state index in [0.29, 0.717) is 13.0 Å². The molecule has 0 unspecified atom stereocenters. The molecule has 2 amide bonds. The van der Waals surface area contributed by atoms with Gasteiger partial charge in [-0.15, -0.1) is 0 Å². The van der Waals surface area contributed by atoms with Gasteiger partial charge in [0.1, 0.15) is 5.60 Å². The highest BCUT2D eigenvalue weighted by atomic mass is 16.6. The van der Waals surface area contributed by atoms with Crippen LogP contribution < -0.4 is 10.6 Å². The quantitative estimate of drug-likeness (QED) is 0.603. The zero-order valence-corrected chi connectivity index (χ0v) is 17.0. The van der Waals surface area contributed by atoms with Crippen molar-refractivity contribution in [2.45, 2.75) is 52.1 Å². The SMILES string of the molecule is CC(C)(C)OC(=O)NCCCCCC(=O)Nc1cccc(-c2ccccc2)c1. The molecule has 28 heavy (non-hydrogen) atoms. The Labute approximate surface area is 167 Å². The molecule has 2 aromatic rings. The number of carbonyl (C=O) groups excluding carboxylic acids is 2. The summed E-state index contributed by atoms with van der Waals surface area (Å²) in [7, 11) is 0. The molecule has 2 rings (SSSR count). The van der Waals surface area contributed by atoms with Gasteiger partial charge in [0.25, 0.3) is 0 Å². The largest absolute Gasteiger partial charge is 0.444 e. The average Bonchev–Trinajstić information content (AvgIpc) is 2.64. The van der Waals surface area contributed by atoms with Crippen LogP contribution >= 0.6 is 0 Å². The summed E-state index contributed by atoms with van der Waals surface area (Å²) in [6, 6.07) is 17.9. The van der Waals surface area contributed by atoms with Gasteiger partial charge in [-0.2, -0.15) is 0 Å². The maximum absolute atomic E-state index is 12.2. The van der Waals surface area contributed by atoms with E-state index in [1.807, 2.05) is 75.4 Å². The molecular weight excluding hydrogens is 352 g/mol. The van der Waals surface area contributed by atoms with Crippen LogP contribution in [0.15, 0.2) is 54.6 Å². The minimum Gasteiger partial charge on any atom is -0.444 e. The summed E-state index contributed by atoms with van der Waals surface area (Å²) in [5, 5.41) is 5.69. The smallest absolute Gasteiger partial charge is 0.407 e. The second-order valence-electron chi connectivity index (χ2n) is 7.73. The van der Waals surface area contributed by atoms with E-state index in [4.69, 9.17) is 4.74 Å². The van der Waals surface area contributed by atoms with E-state index in [2.05, 4.69) is 10.6 Å². The summed E-state index contributed by atoms with van der Waals surface area (Å²) in [5.74, 6) is 0.00492. The highest BCUT2D eigenvalue weighted by Gasteiger charge is 2.15. The molecule has 0 heterocycles. The molecule has 0 radical (unpaired) electrons. The third-order valence-corrected chi connectivity index (χ3v) is 4.00. The fourth-order valence-corrected chi connectivity index (χ4v) is 2.72. The normalized spacial score (nSPS) is 11.0. The van der Waals surface area contributed by atoms with Gasteiger partial charge in [-0.25, -0.2) is 4.79 Å². The number of hydrogen-bond donors (Lipinski definition) is 2. The van der Waals surface area contributed by atoms with Gasteiger partial charge in [-0.3, -0.25) is 4.79 Å². The number of hydrogen-bond acceptors (Lipinski definition) is 3. The Morgan fingerprint density at radius 3 is 2.32 bits per heavy atom. The van der Waals surface area contributed by atoms with Crippen molar-refractivity contribution in [2.24, 2.45) is 0 Å². The van der Waals surface area contributed by atoms with Crippen molar-refractivity contribution in [3.63, 3.8) is 0 Å². The average molecular weight is 383 g/mol. The molecule has 0 aliphatic heterocycles. The fourth-order valence-electron chi connectivity index (χ4n) is 2.72. The van der Waals surface area contributed by atoms with E-state index in [1.165, 1.54) is 0 Å². The Kier molecular flexibility index (Phi) is 8.05. The third-order valence-electron chi connectivity index (χ3n) is 4.00. The van der Waals surface area contributed by atoms with Gasteiger partial charge in [-0.1, -0.05) is 48.9 Å². The van der Waals surface area contributed by atoms with Gasteiger partial charge in [-0.05, 0) is 56.9 Å². The predicted molar refractivity (Wildman–Crippen MR) is 113 cm³/mol. The number of anilines is 1. The maximum atomic E-state index is 12.2. The molecule has 2 N–H and O–H groups in total. The lowest BCUT2D eigenvalue weighted by Crippen LogP contribution is -2.33. The van der Waals surface area contributed by atoms with Crippen LogP contribution in [0.4, 0.5) is 10.5 Å². The van der Waals surface area contributed by atoms with Gasteiger partial charge in [0.2, 0.25) is 5.91 Å². The van der Waals surface area contributed by atoms with E-state index in [1.54, 1.807) is 0 Å². The van der Waals surface area contributed by atoms with E-state index < -0.39 is 11.7 Å². The van der Waals surface area contributed by atoms with E-state index in [0.717, 1.165) is 36.1 Å². The molecule has 0 aliphatic rings. The Balaban J connectivity index is 1.66. The van der Waals surface area contributed by atoms with Crippen LogP contribution in [0.2, 0.25) is 0 Å². The van der Waals surface area contributed by atoms with Gasteiger partial charge in [0.15, 0.2) is 0 Å². The summed E-state index contributed by atoms with van der Waals surface area (Å²) in [6.07, 6.45) is 2.52. The topological polar surface area (TPSA) is 67.4 Å². The van der Waals surface area contributed by atoms with Crippen molar-refractivity contribution < 1.29 is 14.3 Å². The first kappa shape index (κ1) is 21.5. The standard InChI is InChI=1S/C23H30N2O3/c1-23(2,3)28-22(27)24-16-9-5-8-15-21(26)25-20-14-10-13-19(17-20)18-11-6-4-7-12-18/h4,6-7,10-14,17H,5,8-9,15-16H2,1-3H3,(H,24,27)(H,25,26). The van der Waals surface area contributed by atoms with Crippen LogP contribution in [-0.4, -0.2) is 24.1 Å². The van der Waals surface area contributed by atoms with Crippen LogP contribution in [0, 0.1) is 0 Å². The van der Waals surface area contributed by atoms with Crippen LogP contribution in [0.5, 0.6) is 0 Å². The Morgan fingerprint density at radius 1 is 0.893 bits per heavy atom. The highest BCUT2D eigenvalue weighted by molar-refractivity contribution is 5.91. The van der Waals surface area contributed by atoms with Crippen LogP contribution in [0.3, 0.4) is 0 Å². The Morgan fingerprint density at radius 2 is 1.61 bits per heavy atom. The zero-order valence-electron chi connectivity index (χ0n) is 17.0. The first-order chi connectivity index (χ1) is 13.3. The highest BCUT2D eigenvalue weighted by Crippen LogP contribution is 2.22. The lowest BCUT2D eigenvalue weighted by atomic mass is 10.1. The van der Waals surface area contributed by atoms with E-state index in [-0.39, 0.29) is 5.91 Å². The number of amides is 2. The van der Waals surface area contributed by atoms with Crippen molar-refractivity contribution in [3.05, 3.63) is 54.6 Å². The van der Waals surface area contributed by atoms with Gasteiger partial charge < -0.3 is 15.4 Å². The second-order valence-corrected chi connectivity index (χ2v) is 7.73. The molecule has 0 saturated carbocycles. The number of unbranched alkanes of at least 4 members (excludes halogenated alkanes) is 2. The van der Waals surface area contributed by atoms with Crippen LogP contribution in [0.1, 0.15) is 46.5 Å². The molecule has 150 valence electrons. The van der Waals surface area contributed by atoms with Crippen molar-refractivity contribution in [1.29, 1.82) is 0 Å². The minimum atomic E-state index is -0.486. The Hall–Kier alpha value is -2.82. The monoisotopic (exact) mass is 382 g/mol. The molecule has 5 heteroatoms. The van der Waals surface area contributed by atoms with Crippen molar-refractivity contribution in [1.82, 2.24) is 5.32 Å². The van der Waals surface area contributed by atoms with Gasteiger partial charge in [0, 0.05) is 18.7 Å². The van der Waals surface area contributed by atoms with E-state index >= 15 is 0 Å². The predicted octanol–water partition coefficient (Wildman–Crippen LogP) is 5.38. The van der Waals surface area contributed by atoms with Crippen molar-refractivity contribution >= 4 is 17.7 Å². The first-order valence-corrected chi connectivity index (χ1v) is 9.76. The number of nitrogens with one attached hydrogen (secondary N) is 2. The summed E-state index contributed by atoms with van der Waals surface area (Å²) in [6.45, 7) is 6.05. The maximum Gasteiger partial charge on any atom is 0.407 e. The molecule has 0 aromatic heterocycles. The second kappa shape index (κ2) is 10.5.